The molecule has 0 radical (unpaired) electrons. The Morgan fingerprint density at radius 2 is 1.52 bits per heavy atom. The highest BCUT2D eigenvalue weighted by Gasteiger charge is 2.40. The number of benzene rings is 2. The number of esters is 1. The predicted octanol–water partition coefficient (Wildman–Crippen LogP) is 5.71. The van der Waals surface area contributed by atoms with Gasteiger partial charge in [-0.2, -0.15) is 5.26 Å². The summed E-state index contributed by atoms with van der Waals surface area (Å²) in [6.45, 7) is 17.3. The van der Waals surface area contributed by atoms with Crippen LogP contribution in [0.25, 0.3) is 0 Å². The fraction of sp³-hybridized carbons (Fsp3) is 0.528. The molecule has 0 bridgehead atoms. The Balaban J connectivity index is 2.66. The molecule has 0 saturated carbocycles. The Hall–Kier alpha value is -4.39. The van der Waals surface area contributed by atoms with E-state index in [4.69, 9.17) is 9.47 Å². The van der Waals surface area contributed by atoms with Gasteiger partial charge in [0.1, 0.15) is 35.9 Å². The molecule has 2 aromatic carbocycles. The zero-order valence-corrected chi connectivity index (χ0v) is 28.9. The standard InChI is InChI=1S/C36H50N4O6/c1-11-24(3)29(39-34(44)46-36(8,9)10)32(42)40(20-19-37)30(27-21-23(2)17-18-25(27)4)31(41)38-28(33(43)45-35(5,6)7)22-26-15-13-12-14-16-26/h12-18,21,24,28-30H,11,20,22H2,1-10H3,(H,38,41)(H,39,44). The van der Waals surface area contributed by atoms with E-state index in [1.54, 1.807) is 54.5 Å². The number of nitrogens with zero attached hydrogens (tertiary/aromatic N) is 2. The molecule has 0 aliphatic heterocycles. The number of alkyl carbamates (subject to hydrolysis) is 1. The minimum absolute atomic E-state index is 0.142. The van der Waals surface area contributed by atoms with Gasteiger partial charge in [0, 0.05) is 6.42 Å². The molecule has 10 heteroatoms. The molecule has 3 amide bonds. The van der Waals surface area contributed by atoms with E-state index >= 15 is 0 Å². The highest BCUT2D eigenvalue weighted by Crippen LogP contribution is 2.28. The van der Waals surface area contributed by atoms with E-state index < -0.39 is 59.7 Å². The summed E-state index contributed by atoms with van der Waals surface area (Å²) in [4.78, 5) is 56.3. The van der Waals surface area contributed by atoms with Crippen molar-refractivity contribution in [2.75, 3.05) is 6.54 Å². The fourth-order valence-corrected chi connectivity index (χ4v) is 4.84. The summed E-state index contributed by atoms with van der Waals surface area (Å²) < 4.78 is 11.1. The molecule has 2 rings (SSSR count). The summed E-state index contributed by atoms with van der Waals surface area (Å²) in [5.41, 5.74) is 1.20. The van der Waals surface area contributed by atoms with Gasteiger partial charge in [-0.1, -0.05) is 74.4 Å². The lowest BCUT2D eigenvalue weighted by atomic mass is 9.93. The second-order valence-corrected chi connectivity index (χ2v) is 13.7. The van der Waals surface area contributed by atoms with Crippen LogP contribution in [0.4, 0.5) is 4.79 Å². The van der Waals surface area contributed by atoms with Crippen molar-refractivity contribution in [1.82, 2.24) is 15.5 Å². The number of aryl methyl sites for hydroxylation is 2. The molecule has 10 nitrogen and oxygen atoms in total. The van der Waals surface area contributed by atoms with Crippen LogP contribution in [-0.2, 0) is 30.3 Å². The second-order valence-electron chi connectivity index (χ2n) is 13.7. The summed E-state index contributed by atoms with van der Waals surface area (Å²) >= 11 is 0. The minimum atomic E-state index is -1.31. The third kappa shape index (κ3) is 11.5. The van der Waals surface area contributed by atoms with Crippen LogP contribution in [0.5, 0.6) is 0 Å². The van der Waals surface area contributed by atoms with E-state index in [1.807, 2.05) is 69.3 Å². The van der Waals surface area contributed by atoms with E-state index in [-0.39, 0.29) is 12.3 Å². The highest BCUT2D eigenvalue weighted by molar-refractivity contribution is 5.94. The lowest BCUT2D eigenvalue weighted by molar-refractivity contribution is -0.159. The quantitative estimate of drug-likeness (QED) is 0.226. The van der Waals surface area contributed by atoms with Crippen molar-refractivity contribution in [1.29, 1.82) is 5.26 Å². The molecule has 4 atom stereocenters. The largest absolute Gasteiger partial charge is 0.458 e. The van der Waals surface area contributed by atoms with E-state index in [0.717, 1.165) is 11.1 Å². The summed E-state index contributed by atoms with van der Waals surface area (Å²) in [6, 6.07) is 13.2. The third-order valence-corrected chi connectivity index (χ3v) is 7.26. The average molecular weight is 635 g/mol. The number of hydrogen-bond donors (Lipinski definition) is 2. The molecule has 4 unspecified atom stereocenters. The molecule has 0 aliphatic carbocycles. The van der Waals surface area contributed by atoms with Crippen molar-refractivity contribution < 1.29 is 28.7 Å². The maximum absolute atomic E-state index is 14.4. The first-order chi connectivity index (χ1) is 21.4. The highest BCUT2D eigenvalue weighted by atomic mass is 16.6. The number of nitrogens with one attached hydrogen (secondary N) is 2. The third-order valence-electron chi connectivity index (χ3n) is 7.26. The normalized spacial score (nSPS) is 14.1. The summed E-state index contributed by atoms with van der Waals surface area (Å²) in [5.74, 6) is -2.29. The first-order valence-electron chi connectivity index (χ1n) is 15.7. The van der Waals surface area contributed by atoms with Gasteiger partial charge in [0.05, 0.1) is 6.07 Å². The lowest BCUT2D eigenvalue weighted by Gasteiger charge is -2.36. The van der Waals surface area contributed by atoms with Gasteiger partial charge in [-0.25, -0.2) is 9.59 Å². The molecule has 46 heavy (non-hydrogen) atoms. The van der Waals surface area contributed by atoms with Crippen LogP contribution in [0.3, 0.4) is 0 Å². The lowest BCUT2D eigenvalue weighted by Crippen LogP contribution is -2.56. The minimum Gasteiger partial charge on any atom is -0.458 e. The summed E-state index contributed by atoms with van der Waals surface area (Å²) in [7, 11) is 0. The molecule has 0 fully saturated rings. The number of rotatable bonds is 12. The molecule has 0 heterocycles. The number of amides is 3. The van der Waals surface area contributed by atoms with E-state index in [0.29, 0.717) is 17.5 Å². The van der Waals surface area contributed by atoms with Gasteiger partial charge in [0.2, 0.25) is 11.8 Å². The number of hydrogen-bond acceptors (Lipinski definition) is 7. The van der Waals surface area contributed by atoms with Crippen molar-refractivity contribution in [2.24, 2.45) is 5.92 Å². The molecule has 250 valence electrons. The van der Waals surface area contributed by atoms with Gasteiger partial charge in [-0.15, -0.1) is 0 Å². The first kappa shape index (κ1) is 37.8. The van der Waals surface area contributed by atoms with Crippen molar-refractivity contribution in [3.63, 3.8) is 0 Å². The number of carbonyl (C=O) groups excluding carboxylic acids is 4. The molecule has 2 N–H and O–H groups in total. The molecule has 0 aromatic heterocycles. The molecular formula is C36H50N4O6. The van der Waals surface area contributed by atoms with Crippen LogP contribution in [0.2, 0.25) is 0 Å². The van der Waals surface area contributed by atoms with Crippen molar-refractivity contribution in [3.05, 3.63) is 70.8 Å². The van der Waals surface area contributed by atoms with Crippen LogP contribution in [-0.4, -0.2) is 58.6 Å². The predicted molar refractivity (Wildman–Crippen MR) is 177 cm³/mol. The maximum atomic E-state index is 14.4. The fourth-order valence-electron chi connectivity index (χ4n) is 4.84. The van der Waals surface area contributed by atoms with Gasteiger partial charge in [-0.3, -0.25) is 9.59 Å². The van der Waals surface area contributed by atoms with Crippen LogP contribution < -0.4 is 10.6 Å². The molecule has 2 aromatic rings. The monoisotopic (exact) mass is 634 g/mol. The Kier molecular flexibility index (Phi) is 13.4. The Morgan fingerprint density at radius 3 is 2.07 bits per heavy atom. The van der Waals surface area contributed by atoms with E-state index in [1.165, 1.54) is 4.90 Å². The number of ether oxygens (including phenoxy) is 2. The van der Waals surface area contributed by atoms with Crippen LogP contribution in [0.1, 0.15) is 90.1 Å². The zero-order valence-electron chi connectivity index (χ0n) is 28.9. The molecule has 0 saturated heterocycles. The Morgan fingerprint density at radius 1 is 0.913 bits per heavy atom. The summed E-state index contributed by atoms with van der Waals surface area (Å²) in [6.07, 6.45) is -0.128. The van der Waals surface area contributed by atoms with Crippen LogP contribution in [0.15, 0.2) is 48.5 Å². The van der Waals surface area contributed by atoms with Crippen LogP contribution >= 0.6 is 0 Å². The van der Waals surface area contributed by atoms with E-state index in [2.05, 4.69) is 10.6 Å². The molecule has 0 aliphatic rings. The van der Waals surface area contributed by atoms with Gasteiger partial charge in [-0.05, 0) is 78.0 Å². The van der Waals surface area contributed by atoms with E-state index in [9.17, 15) is 24.4 Å². The van der Waals surface area contributed by atoms with Gasteiger partial charge in [0.15, 0.2) is 0 Å². The molecule has 0 spiro atoms. The number of carbonyl (C=O) groups is 4. The van der Waals surface area contributed by atoms with Crippen molar-refractivity contribution >= 4 is 23.9 Å². The van der Waals surface area contributed by atoms with Gasteiger partial charge >= 0.3 is 12.1 Å². The average Bonchev–Trinajstić information content (AvgIpc) is 2.95. The van der Waals surface area contributed by atoms with Gasteiger partial charge in [0.25, 0.3) is 0 Å². The van der Waals surface area contributed by atoms with Crippen molar-refractivity contribution in [2.45, 2.75) is 111 Å². The maximum Gasteiger partial charge on any atom is 0.408 e. The second kappa shape index (κ2) is 16.3. The Bertz CT molecular complexity index is 1400. The van der Waals surface area contributed by atoms with Crippen LogP contribution in [0, 0.1) is 31.1 Å². The zero-order chi connectivity index (χ0) is 34.8. The molecular weight excluding hydrogens is 584 g/mol. The topological polar surface area (TPSA) is 138 Å². The smallest absolute Gasteiger partial charge is 0.408 e. The Labute approximate surface area is 273 Å². The number of nitriles is 1. The summed E-state index contributed by atoms with van der Waals surface area (Å²) in [5, 5.41) is 15.5. The first-order valence-corrected chi connectivity index (χ1v) is 15.7. The van der Waals surface area contributed by atoms with Gasteiger partial charge < -0.3 is 25.0 Å². The van der Waals surface area contributed by atoms with Crippen molar-refractivity contribution in [3.8, 4) is 6.07 Å². The SMILES string of the molecule is CCC(C)C(NC(=O)OC(C)(C)C)C(=O)N(CC#N)C(C(=O)NC(Cc1ccccc1)C(=O)OC(C)(C)C)c1cc(C)ccc1C.